The molecular weight excluding hydrogens is 331 g/mol. The zero-order chi connectivity index (χ0) is 16.3. The zero-order valence-corrected chi connectivity index (χ0v) is 13.2. The topological polar surface area (TPSA) is 92.5 Å². The van der Waals surface area contributed by atoms with Gasteiger partial charge in [0.2, 0.25) is 0 Å². The monoisotopic (exact) mass is 346 g/mol. The van der Waals surface area contributed by atoms with E-state index in [4.69, 9.17) is 23.2 Å². The van der Waals surface area contributed by atoms with Crippen molar-refractivity contribution >= 4 is 34.8 Å². The number of nitro benzene ring substituents is 1. The number of hydrogen-bond acceptors (Lipinski definition) is 4. The fourth-order valence-electron chi connectivity index (χ4n) is 2.80. The molecule has 0 unspecified atom stereocenters. The van der Waals surface area contributed by atoms with Crippen molar-refractivity contribution in [3.63, 3.8) is 0 Å². The van der Waals surface area contributed by atoms with Crippen molar-refractivity contribution in [1.29, 1.82) is 0 Å². The fraction of sp³-hybridized carbons (Fsp3) is 0.500. The molecule has 22 heavy (non-hydrogen) atoms. The van der Waals surface area contributed by atoms with Crippen LogP contribution in [0.2, 0.25) is 0 Å². The molecule has 0 aromatic heterocycles. The molecule has 2 atom stereocenters. The lowest BCUT2D eigenvalue weighted by Crippen LogP contribution is -2.53. The number of carbonyl (C=O) groups excluding carboxylic acids is 1. The molecule has 2 N–H and O–H groups in total. The third-order valence-corrected chi connectivity index (χ3v) is 4.37. The van der Waals surface area contributed by atoms with Crippen LogP contribution in [0.25, 0.3) is 0 Å². The Morgan fingerprint density at radius 2 is 2.00 bits per heavy atom. The van der Waals surface area contributed by atoms with Crippen molar-refractivity contribution in [3.8, 4) is 0 Å². The van der Waals surface area contributed by atoms with Crippen molar-refractivity contribution < 1.29 is 14.8 Å². The predicted octanol–water partition coefficient (Wildman–Crippen LogP) is 2.64. The third kappa shape index (κ3) is 3.51. The molecule has 1 fully saturated rings. The summed E-state index contributed by atoms with van der Waals surface area (Å²) in [5, 5.41) is 24.4. The molecule has 0 aliphatic heterocycles. The standard InChI is InChI=1S/C14H16Cl2N2O4/c15-12(16)13(19)17-11-3-1-2-8-14(11,20)9-4-6-10(7-5-9)18(21)22/h4-7,11-12,20H,1-3,8H2,(H,17,19)/t11-,14+/m1/s1. The summed E-state index contributed by atoms with van der Waals surface area (Å²) in [6.07, 6.45) is 2.69. The van der Waals surface area contributed by atoms with Gasteiger partial charge in [-0.3, -0.25) is 14.9 Å². The SMILES string of the molecule is O=C(N[C@@H]1CCCC[C@]1(O)c1ccc([N+](=O)[O-])cc1)C(Cl)Cl. The van der Waals surface area contributed by atoms with E-state index in [1.807, 2.05) is 0 Å². The maximum atomic E-state index is 11.7. The van der Waals surface area contributed by atoms with Crippen LogP contribution in [0.3, 0.4) is 0 Å². The molecular formula is C14H16Cl2N2O4. The van der Waals surface area contributed by atoms with Crippen LogP contribution in [-0.4, -0.2) is 26.8 Å². The van der Waals surface area contributed by atoms with Gasteiger partial charge in [-0.1, -0.05) is 36.0 Å². The molecule has 0 saturated heterocycles. The van der Waals surface area contributed by atoms with Gasteiger partial charge < -0.3 is 10.4 Å². The Bertz CT molecular complexity index is 564. The maximum absolute atomic E-state index is 11.7. The van der Waals surface area contributed by atoms with Crippen LogP contribution in [0.1, 0.15) is 31.2 Å². The lowest BCUT2D eigenvalue weighted by Gasteiger charge is -2.40. The summed E-state index contributed by atoms with van der Waals surface area (Å²) < 4.78 is 0. The molecule has 1 aromatic carbocycles. The van der Waals surface area contributed by atoms with Crippen LogP contribution >= 0.6 is 23.2 Å². The van der Waals surface area contributed by atoms with Gasteiger partial charge in [0, 0.05) is 12.1 Å². The van der Waals surface area contributed by atoms with E-state index in [0.717, 1.165) is 12.8 Å². The summed E-state index contributed by atoms with van der Waals surface area (Å²) in [6.45, 7) is 0. The van der Waals surface area contributed by atoms with E-state index in [1.165, 1.54) is 24.3 Å². The van der Waals surface area contributed by atoms with E-state index in [-0.39, 0.29) is 5.69 Å². The van der Waals surface area contributed by atoms with Gasteiger partial charge in [-0.2, -0.15) is 0 Å². The molecule has 0 heterocycles. The van der Waals surface area contributed by atoms with Gasteiger partial charge >= 0.3 is 0 Å². The van der Waals surface area contributed by atoms with Gasteiger partial charge in [0.15, 0.2) is 4.84 Å². The number of alkyl halides is 2. The van der Waals surface area contributed by atoms with Crippen molar-refractivity contribution in [3.05, 3.63) is 39.9 Å². The van der Waals surface area contributed by atoms with Gasteiger partial charge in [-0.15, -0.1) is 0 Å². The highest BCUT2D eigenvalue weighted by molar-refractivity contribution is 6.53. The van der Waals surface area contributed by atoms with E-state index in [1.54, 1.807) is 0 Å². The molecule has 1 aliphatic rings. The van der Waals surface area contributed by atoms with Crippen LogP contribution < -0.4 is 5.32 Å². The van der Waals surface area contributed by atoms with Gasteiger partial charge in [-0.05, 0) is 30.5 Å². The second kappa shape index (κ2) is 6.81. The van der Waals surface area contributed by atoms with Gasteiger partial charge in [-0.25, -0.2) is 0 Å². The first-order chi connectivity index (χ1) is 10.3. The number of carbonyl (C=O) groups is 1. The minimum absolute atomic E-state index is 0.0506. The number of amides is 1. The van der Waals surface area contributed by atoms with E-state index in [2.05, 4.69) is 5.32 Å². The number of nitrogens with zero attached hydrogens (tertiary/aromatic N) is 1. The molecule has 1 aromatic rings. The van der Waals surface area contributed by atoms with E-state index in [0.29, 0.717) is 18.4 Å². The zero-order valence-electron chi connectivity index (χ0n) is 11.7. The quantitative estimate of drug-likeness (QED) is 0.498. The molecule has 1 amide bonds. The first kappa shape index (κ1) is 17.0. The van der Waals surface area contributed by atoms with Crippen LogP contribution in [0.15, 0.2) is 24.3 Å². The van der Waals surface area contributed by atoms with Crippen molar-refractivity contribution in [2.75, 3.05) is 0 Å². The number of nitrogens with one attached hydrogen (secondary N) is 1. The number of nitro groups is 1. The van der Waals surface area contributed by atoms with Crippen molar-refractivity contribution in [2.45, 2.75) is 42.2 Å². The smallest absolute Gasteiger partial charge is 0.269 e. The summed E-state index contributed by atoms with van der Waals surface area (Å²) in [6, 6.07) is 5.18. The maximum Gasteiger partial charge on any atom is 0.269 e. The highest BCUT2D eigenvalue weighted by Crippen LogP contribution is 2.38. The Hall–Kier alpha value is -1.37. The molecule has 0 spiro atoms. The molecule has 0 bridgehead atoms. The Morgan fingerprint density at radius 3 is 2.55 bits per heavy atom. The molecule has 0 radical (unpaired) electrons. The van der Waals surface area contributed by atoms with E-state index in [9.17, 15) is 20.0 Å². The fourth-order valence-corrected chi connectivity index (χ4v) is 2.93. The molecule has 2 rings (SSSR count). The Morgan fingerprint density at radius 1 is 1.36 bits per heavy atom. The number of benzene rings is 1. The third-order valence-electron chi connectivity index (χ3n) is 3.97. The number of rotatable bonds is 4. The van der Waals surface area contributed by atoms with Gasteiger partial charge in [0.05, 0.1) is 11.0 Å². The average Bonchev–Trinajstić information content (AvgIpc) is 2.49. The summed E-state index contributed by atoms with van der Waals surface area (Å²) >= 11 is 11.1. The van der Waals surface area contributed by atoms with Gasteiger partial charge in [0.25, 0.3) is 11.6 Å². The second-order valence-corrected chi connectivity index (χ2v) is 6.43. The minimum Gasteiger partial charge on any atom is -0.383 e. The van der Waals surface area contributed by atoms with Crippen LogP contribution in [0.4, 0.5) is 5.69 Å². The van der Waals surface area contributed by atoms with Crippen molar-refractivity contribution in [2.24, 2.45) is 0 Å². The summed E-state index contributed by atoms with van der Waals surface area (Å²) in [5.74, 6) is -0.560. The predicted molar refractivity (Wildman–Crippen MR) is 82.9 cm³/mol. The van der Waals surface area contributed by atoms with Crippen molar-refractivity contribution in [1.82, 2.24) is 5.32 Å². The number of non-ortho nitro benzene ring substituents is 1. The first-order valence-corrected chi connectivity index (χ1v) is 7.77. The lowest BCUT2D eigenvalue weighted by atomic mass is 9.75. The molecule has 1 aliphatic carbocycles. The average molecular weight is 347 g/mol. The Labute approximate surface area is 137 Å². The summed E-state index contributed by atoms with van der Waals surface area (Å²) in [4.78, 5) is 20.7. The van der Waals surface area contributed by atoms with Crippen LogP contribution in [0, 0.1) is 10.1 Å². The van der Waals surface area contributed by atoms with Gasteiger partial charge in [0.1, 0.15) is 5.60 Å². The number of hydrogen-bond donors (Lipinski definition) is 2. The molecule has 120 valence electrons. The number of halogens is 2. The minimum atomic E-state index is -1.29. The normalized spacial score (nSPS) is 25.0. The second-order valence-electron chi connectivity index (χ2n) is 5.34. The highest BCUT2D eigenvalue weighted by Gasteiger charge is 2.41. The highest BCUT2D eigenvalue weighted by atomic mass is 35.5. The Balaban J connectivity index is 2.26. The molecule has 1 saturated carbocycles. The lowest BCUT2D eigenvalue weighted by molar-refractivity contribution is -0.384. The Kier molecular flexibility index (Phi) is 5.26. The summed E-state index contributed by atoms with van der Waals surface area (Å²) in [5.41, 5.74) is -0.805. The molecule has 6 nitrogen and oxygen atoms in total. The largest absolute Gasteiger partial charge is 0.383 e. The van der Waals surface area contributed by atoms with Crippen LogP contribution in [-0.2, 0) is 10.4 Å². The molecule has 8 heteroatoms. The van der Waals surface area contributed by atoms with E-state index >= 15 is 0 Å². The first-order valence-electron chi connectivity index (χ1n) is 6.90. The number of aliphatic hydroxyl groups is 1. The summed E-state index contributed by atoms with van der Waals surface area (Å²) in [7, 11) is 0. The van der Waals surface area contributed by atoms with Crippen LogP contribution in [0.5, 0.6) is 0 Å². The van der Waals surface area contributed by atoms with E-state index < -0.39 is 27.3 Å².